The van der Waals surface area contributed by atoms with Crippen LogP contribution in [0, 0.1) is 0 Å². The first kappa shape index (κ1) is 30.6. The fourth-order valence-electron chi connectivity index (χ4n) is 3.13. The van der Waals surface area contributed by atoms with Crippen LogP contribution in [0.3, 0.4) is 0 Å². The quantitative estimate of drug-likeness (QED) is 0.338. The maximum atomic E-state index is 12.0. The van der Waals surface area contributed by atoms with Gasteiger partial charge in [0.05, 0.1) is 23.5 Å². The molecule has 1 fully saturated rings. The van der Waals surface area contributed by atoms with Gasteiger partial charge in [0.1, 0.15) is 0 Å². The molecule has 4 N–H and O–H groups in total. The average Bonchev–Trinajstić information content (AvgIpc) is 2.82. The highest BCUT2D eigenvalue weighted by molar-refractivity contribution is 5.97. The van der Waals surface area contributed by atoms with Gasteiger partial charge in [-0.3, -0.25) is 14.5 Å². The van der Waals surface area contributed by atoms with Gasteiger partial charge in [-0.25, -0.2) is 9.59 Å². The van der Waals surface area contributed by atoms with Crippen LogP contribution in [0.25, 0.3) is 0 Å². The number of halogens is 3. The van der Waals surface area contributed by atoms with E-state index in [0.717, 1.165) is 12.1 Å². The van der Waals surface area contributed by atoms with Crippen LogP contribution in [0.15, 0.2) is 18.2 Å². The van der Waals surface area contributed by atoms with Crippen molar-refractivity contribution in [2.24, 2.45) is 0 Å². The first-order valence-corrected chi connectivity index (χ1v) is 11.1. The second-order valence-corrected chi connectivity index (χ2v) is 7.70. The van der Waals surface area contributed by atoms with Gasteiger partial charge in [-0.15, -0.1) is 0 Å². The van der Waals surface area contributed by atoms with Crippen molar-refractivity contribution in [1.82, 2.24) is 10.2 Å². The molecule has 2 rings (SSSR count). The Morgan fingerprint density at radius 2 is 1.67 bits per heavy atom. The lowest BCUT2D eigenvalue weighted by atomic mass is 10.1. The van der Waals surface area contributed by atoms with E-state index < -0.39 is 18.1 Å². The molecule has 0 aromatic heterocycles. The molecule has 1 aromatic rings. The molecule has 1 heterocycles. The molecule has 0 saturated carbocycles. The molecule has 14 heteroatoms. The van der Waals surface area contributed by atoms with Crippen molar-refractivity contribution >= 4 is 35.1 Å². The Morgan fingerprint density at radius 1 is 1.06 bits per heavy atom. The Balaban J connectivity index is 0.000000809. The molecule has 0 aliphatic carbocycles. The lowest BCUT2D eigenvalue weighted by Gasteiger charge is -2.36. The molecule has 0 bridgehead atoms. The molecule has 2 amide bonds. The van der Waals surface area contributed by atoms with Gasteiger partial charge >= 0.3 is 18.1 Å². The maximum absolute atomic E-state index is 12.0. The fraction of sp³-hybridized carbons (Fsp3) is 0.545. The van der Waals surface area contributed by atoms with Crippen LogP contribution in [0.4, 0.5) is 24.5 Å². The number of nitrogens with zero attached hydrogens (tertiary/aromatic N) is 2. The first-order valence-electron chi connectivity index (χ1n) is 11.1. The van der Waals surface area contributed by atoms with Crippen molar-refractivity contribution in [3.63, 3.8) is 0 Å². The third kappa shape index (κ3) is 10.9. The maximum Gasteiger partial charge on any atom is 0.490 e. The number of rotatable bonds is 10. The normalized spacial score (nSPS) is 13.9. The number of alkyl halides is 3. The minimum absolute atomic E-state index is 0.00346. The summed E-state index contributed by atoms with van der Waals surface area (Å²) in [7, 11) is 1.63. The van der Waals surface area contributed by atoms with Crippen LogP contribution in [-0.4, -0.2) is 98.0 Å². The summed E-state index contributed by atoms with van der Waals surface area (Å²) in [6.07, 6.45) is -3.99. The average molecular weight is 521 g/mol. The zero-order valence-electron chi connectivity index (χ0n) is 20.1. The third-order valence-electron chi connectivity index (χ3n) is 5.01. The molecule has 1 aliphatic heterocycles. The van der Waals surface area contributed by atoms with Gasteiger partial charge in [0.25, 0.3) is 0 Å². The zero-order valence-corrected chi connectivity index (χ0v) is 20.1. The fourth-order valence-corrected chi connectivity index (χ4v) is 3.13. The molecular formula is C22H31F3N4O7. The molecule has 36 heavy (non-hydrogen) atoms. The molecule has 202 valence electrons. The Bertz CT molecular complexity index is 904. The number of hydrogen-bond donors (Lipinski definition) is 4. The summed E-state index contributed by atoms with van der Waals surface area (Å²) in [5, 5.41) is 22.0. The summed E-state index contributed by atoms with van der Waals surface area (Å²) in [4.78, 5) is 48.2. The van der Waals surface area contributed by atoms with Gasteiger partial charge in [-0.05, 0) is 24.6 Å². The van der Waals surface area contributed by atoms with Crippen molar-refractivity contribution in [3.8, 4) is 0 Å². The number of carbonyl (C=O) groups excluding carboxylic acids is 2. The van der Waals surface area contributed by atoms with Crippen LogP contribution in [0.1, 0.15) is 30.1 Å². The van der Waals surface area contributed by atoms with Gasteiger partial charge in [0.15, 0.2) is 0 Å². The van der Waals surface area contributed by atoms with E-state index in [1.54, 1.807) is 26.2 Å². The second-order valence-electron chi connectivity index (χ2n) is 7.70. The van der Waals surface area contributed by atoms with Crippen LogP contribution < -0.4 is 15.5 Å². The predicted molar refractivity (Wildman–Crippen MR) is 124 cm³/mol. The molecule has 0 spiro atoms. The van der Waals surface area contributed by atoms with Gasteiger partial charge in [-0.1, -0.05) is 6.92 Å². The van der Waals surface area contributed by atoms with E-state index in [2.05, 4.69) is 20.4 Å². The van der Waals surface area contributed by atoms with E-state index in [1.807, 2.05) is 0 Å². The van der Waals surface area contributed by atoms with Gasteiger partial charge < -0.3 is 30.5 Å². The summed E-state index contributed by atoms with van der Waals surface area (Å²) in [5.74, 6) is -3.97. The largest absolute Gasteiger partial charge is 0.490 e. The number of amides is 2. The van der Waals surface area contributed by atoms with E-state index >= 15 is 0 Å². The molecule has 1 aromatic carbocycles. The Labute approximate surface area is 206 Å². The topological polar surface area (TPSA) is 149 Å². The van der Waals surface area contributed by atoms with E-state index in [-0.39, 0.29) is 17.4 Å². The van der Waals surface area contributed by atoms with Crippen molar-refractivity contribution in [2.75, 3.05) is 63.2 Å². The molecule has 1 aliphatic rings. The third-order valence-corrected chi connectivity index (χ3v) is 5.01. The molecule has 0 atom stereocenters. The molecular weight excluding hydrogens is 489 g/mol. The van der Waals surface area contributed by atoms with Crippen LogP contribution in [0.2, 0.25) is 0 Å². The summed E-state index contributed by atoms with van der Waals surface area (Å²) in [5.41, 5.74) is 1.42. The lowest BCUT2D eigenvalue weighted by Crippen LogP contribution is -2.49. The molecule has 11 nitrogen and oxygen atoms in total. The summed E-state index contributed by atoms with van der Waals surface area (Å²) < 4.78 is 36.7. The SMILES string of the molecule is CCC(=O)Nc1cc(C(=O)O)ccc1N1CCN(CC(=O)NCCCOC)CC1.O=C(O)C(F)(F)F. The van der Waals surface area contributed by atoms with Gasteiger partial charge in [-0.2, -0.15) is 13.2 Å². The second kappa shape index (κ2) is 14.9. The minimum Gasteiger partial charge on any atom is -0.478 e. The van der Waals surface area contributed by atoms with Crippen LogP contribution in [0.5, 0.6) is 0 Å². The number of anilines is 2. The monoisotopic (exact) mass is 520 g/mol. The number of ether oxygens (including phenoxy) is 1. The number of carboxylic acid groups (broad SMARTS) is 2. The summed E-state index contributed by atoms with van der Waals surface area (Å²) >= 11 is 0. The highest BCUT2D eigenvalue weighted by Gasteiger charge is 2.38. The first-order chi connectivity index (χ1) is 16.9. The summed E-state index contributed by atoms with van der Waals surface area (Å²) in [6, 6.07) is 4.76. The number of piperazine rings is 1. The zero-order chi connectivity index (χ0) is 27.3. The van der Waals surface area contributed by atoms with Crippen LogP contribution >= 0.6 is 0 Å². The van der Waals surface area contributed by atoms with Crippen LogP contribution in [-0.2, 0) is 19.1 Å². The Morgan fingerprint density at radius 3 is 2.17 bits per heavy atom. The highest BCUT2D eigenvalue weighted by atomic mass is 19.4. The smallest absolute Gasteiger partial charge is 0.478 e. The van der Waals surface area contributed by atoms with Crippen molar-refractivity contribution in [1.29, 1.82) is 0 Å². The number of benzene rings is 1. The number of carbonyl (C=O) groups is 4. The Kier molecular flexibility index (Phi) is 12.7. The molecule has 0 unspecified atom stereocenters. The standard InChI is InChI=1S/C20H30N4O5.C2HF3O2/c1-3-18(25)22-16-13-15(20(27)28)5-6-17(16)24-10-8-23(9-11-24)14-19(26)21-7-4-12-29-2;3-2(4,5)1(6)7/h5-6,13H,3-4,7-12,14H2,1-2H3,(H,21,26)(H,22,25)(H,27,28);(H,6,7). The molecule has 0 radical (unpaired) electrons. The number of nitrogens with one attached hydrogen (secondary N) is 2. The van der Waals surface area contributed by atoms with E-state index in [4.69, 9.17) is 14.6 Å². The Hall–Kier alpha value is -3.39. The van der Waals surface area contributed by atoms with E-state index in [1.165, 1.54) is 6.07 Å². The minimum atomic E-state index is -5.08. The van der Waals surface area contributed by atoms with Crippen molar-refractivity contribution < 1.29 is 47.3 Å². The predicted octanol–water partition coefficient (Wildman–Crippen LogP) is 1.64. The number of aliphatic carboxylic acids is 1. The van der Waals surface area contributed by atoms with Crippen molar-refractivity contribution in [2.45, 2.75) is 25.9 Å². The van der Waals surface area contributed by atoms with E-state index in [0.29, 0.717) is 58.0 Å². The van der Waals surface area contributed by atoms with Gasteiger partial charge in [0, 0.05) is 52.9 Å². The number of aromatic carboxylic acids is 1. The highest BCUT2D eigenvalue weighted by Crippen LogP contribution is 2.28. The van der Waals surface area contributed by atoms with Crippen molar-refractivity contribution in [3.05, 3.63) is 23.8 Å². The number of hydrogen-bond acceptors (Lipinski definition) is 7. The number of carboxylic acids is 2. The number of methoxy groups -OCH3 is 1. The molecule has 1 saturated heterocycles. The van der Waals surface area contributed by atoms with E-state index in [9.17, 15) is 32.7 Å². The summed E-state index contributed by atoms with van der Waals surface area (Å²) in [6.45, 7) is 6.07. The van der Waals surface area contributed by atoms with Gasteiger partial charge in [0.2, 0.25) is 11.8 Å². The lowest BCUT2D eigenvalue weighted by molar-refractivity contribution is -0.192.